The first kappa shape index (κ1) is 8.49. The Labute approximate surface area is 55.5 Å². The number of sulfone groups is 1. The van der Waals surface area contributed by atoms with Crippen LogP contribution < -0.4 is 5.73 Å². The minimum absolute atomic E-state index is 0.400. The largest absolute Gasteiger partial charge is 0.401 e. The average molecular weight is 149 g/mol. The molecular formula is C5H11NO2S. The highest BCUT2D eigenvalue weighted by atomic mass is 32.2. The third-order valence-corrected chi connectivity index (χ3v) is 1.50. The van der Waals surface area contributed by atoms with Crippen LogP contribution in [-0.2, 0) is 9.84 Å². The van der Waals surface area contributed by atoms with Gasteiger partial charge in [0, 0.05) is 17.4 Å². The fourth-order valence-electron chi connectivity index (χ4n) is 0.358. The van der Waals surface area contributed by atoms with E-state index >= 15 is 0 Å². The van der Waals surface area contributed by atoms with Gasteiger partial charge < -0.3 is 5.73 Å². The third-order valence-electron chi connectivity index (χ3n) is 0.774. The van der Waals surface area contributed by atoms with Crippen molar-refractivity contribution in [2.75, 3.05) is 6.26 Å². The second-order valence-electron chi connectivity index (χ2n) is 1.88. The van der Waals surface area contributed by atoms with Gasteiger partial charge in [0.2, 0.25) is 0 Å². The number of hydrogen-bond donors (Lipinski definition) is 1. The first-order valence-corrected chi connectivity index (χ1v) is 4.57. The van der Waals surface area contributed by atoms with Crippen LogP contribution >= 0.6 is 0 Å². The van der Waals surface area contributed by atoms with Gasteiger partial charge in [0.25, 0.3) is 0 Å². The van der Waals surface area contributed by atoms with Crippen molar-refractivity contribution in [2.24, 2.45) is 5.73 Å². The molecule has 0 amide bonds. The Bertz CT molecular complexity index is 203. The molecular weight excluding hydrogens is 138 g/mol. The summed E-state index contributed by atoms with van der Waals surface area (Å²) in [5.41, 5.74) is 5.64. The van der Waals surface area contributed by atoms with E-state index in [-0.39, 0.29) is 0 Å². The summed E-state index contributed by atoms with van der Waals surface area (Å²) in [5, 5.41) is 1.08. The molecule has 0 aliphatic heterocycles. The number of hydrogen-bond acceptors (Lipinski definition) is 3. The molecule has 0 aromatic rings. The smallest absolute Gasteiger partial charge is 0.170 e. The van der Waals surface area contributed by atoms with E-state index in [1.54, 1.807) is 6.92 Å². The van der Waals surface area contributed by atoms with Crippen LogP contribution in [0.3, 0.4) is 0 Å². The molecule has 3 nitrogen and oxygen atoms in total. The van der Waals surface area contributed by atoms with Gasteiger partial charge in [-0.2, -0.15) is 0 Å². The van der Waals surface area contributed by atoms with Gasteiger partial charge >= 0.3 is 0 Å². The highest BCUT2D eigenvalue weighted by molar-refractivity contribution is 7.93. The summed E-state index contributed by atoms with van der Waals surface area (Å²) in [7, 11) is -3.02. The van der Waals surface area contributed by atoms with E-state index in [1.165, 1.54) is 0 Å². The second kappa shape index (κ2) is 2.87. The molecule has 0 unspecified atom stereocenters. The molecule has 0 radical (unpaired) electrons. The molecule has 0 saturated carbocycles. The molecule has 0 aromatic heterocycles. The molecule has 0 saturated heterocycles. The van der Waals surface area contributed by atoms with E-state index in [0.717, 1.165) is 11.7 Å². The van der Waals surface area contributed by atoms with Crippen molar-refractivity contribution >= 4 is 9.84 Å². The molecule has 0 atom stereocenters. The molecule has 9 heavy (non-hydrogen) atoms. The lowest BCUT2D eigenvalue weighted by molar-refractivity contribution is 0.609. The van der Waals surface area contributed by atoms with Crippen LogP contribution in [0, 0.1) is 0 Å². The molecule has 0 aliphatic carbocycles. The fraction of sp³-hybridized carbons (Fsp3) is 0.600. The van der Waals surface area contributed by atoms with E-state index in [4.69, 9.17) is 5.73 Å². The predicted octanol–water partition coefficient (Wildman–Crippen LogP) is 0.241. The van der Waals surface area contributed by atoms with Crippen molar-refractivity contribution in [3.63, 3.8) is 0 Å². The zero-order chi connectivity index (χ0) is 7.49. The quantitative estimate of drug-likeness (QED) is 0.612. The van der Waals surface area contributed by atoms with Crippen molar-refractivity contribution in [3.05, 3.63) is 11.1 Å². The standard InChI is InChI=1S/C5H11NO2S/c1-3-5(6)4-9(2,7)8/h4H,3,6H2,1-2H3/b5-4-. The maximum absolute atomic E-state index is 10.4. The molecule has 0 bridgehead atoms. The van der Waals surface area contributed by atoms with Gasteiger partial charge in [0.1, 0.15) is 0 Å². The minimum atomic E-state index is -3.02. The van der Waals surface area contributed by atoms with Crippen LogP contribution in [0.2, 0.25) is 0 Å². The Morgan fingerprint density at radius 3 is 2.22 bits per heavy atom. The lowest BCUT2D eigenvalue weighted by Crippen LogP contribution is -1.99. The van der Waals surface area contributed by atoms with E-state index in [1.807, 2.05) is 0 Å². The summed E-state index contributed by atoms with van der Waals surface area (Å²) in [4.78, 5) is 0. The topological polar surface area (TPSA) is 60.2 Å². The Hall–Kier alpha value is -0.510. The molecule has 0 rings (SSSR count). The zero-order valence-electron chi connectivity index (χ0n) is 5.59. The molecule has 0 fully saturated rings. The highest BCUT2D eigenvalue weighted by Crippen LogP contribution is 1.94. The minimum Gasteiger partial charge on any atom is -0.401 e. The van der Waals surface area contributed by atoms with Crippen molar-refractivity contribution in [1.29, 1.82) is 0 Å². The molecule has 0 aliphatic rings. The lowest BCUT2D eigenvalue weighted by atomic mass is 10.4. The van der Waals surface area contributed by atoms with Gasteiger partial charge in [-0.15, -0.1) is 0 Å². The average Bonchev–Trinajstić information content (AvgIpc) is 1.62. The van der Waals surface area contributed by atoms with Crippen molar-refractivity contribution in [3.8, 4) is 0 Å². The van der Waals surface area contributed by atoms with Crippen LogP contribution in [0.25, 0.3) is 0 Å². The monoisotopic (exact) mass is 149 g/mol. The van der Waals surface area contributed by atoms with Gasteiger partial charge in [-0.25, -0.2) is 8.42 Å². The molecule has 0 spiro atoms. The first-order chi connectivity index (χ1) is 3.95. The van der Waals surface area contributed by atoms with Gasteiger partial charge in [-0.05, 0) is 6.42 Å². The number of nitrogens with two attached hydrogens (primary N) is 1. The molecule has 2 N–H and O–H groups in total. The van der Waals surface area contributed by atoms with Crippen LogP contribution in [0.15, 0.2) is 11.1 Å². The van der Waals surface area contributed by atoms with Crippen LogP contribution in [0.1, 0.15) is 13.3 Å². The normalized spacial score (nSPS) is 13.8. The predicted molar refractivity (Wildman–Crippen MR) is 37.4 cm³/mol. The molecule has 0 aromatic carbocycles. The fourth-order valence-corrected chi connectivity index (χ4v) is 1.07. The Morgan fingerprint density at radius 1 is 1.67 bits per heavy atom. The van der Waals surface area contributed by atoms with Crippen LogP contribution in [-0.4, -0.2) is 14.7 Å². The summed E-state index contributed by atoms with van der Waals surface area (Å²) in [5.74, 6) is 0. The SMILES string of the molecule is CC/C(N)=C/S(C)(=O)=O. The maximum Gasteiger partial charge on any atom is 0.170 e. The highest BCUT2D eigenvalue weighted by Gasteiger charge is 1.95. The van der Waals surface area contributed by atoms with E-state index in [2.05, 4.69) is 0 Å². The summed E-state index contributed by atoms with van der Waals surface area (Å²) in [6, 6.07) is 0. The molecule has 4 heteroatoms. The summed E-state index contributed by atoms with van der Waals surface area (Å²) in [6.45, 7) is 1.80. The Kier molecular flexibility index (Phi) is 2.70. The lowest BCUT2D eigenvalue weighted by Gasteiger charge is -1.91. The van der Waals surface area contributed by atoms with Gasteiger partial charge in [-0.3, -0.25) is 0 Å². The number of rotatable bonds is 2. The molecule has 0 heterocycles. The summed E-state index contributed by atoms with van der Waals surface area (Å²) < 4.78 is 20.9. The van der Waals surface area contributed by atoms with Gasteiger partial charge in [0.05, 0.1) is 0 Å². The van der Waals surface area contributed by atoms with Gasteiger partial charge in [0.15, 0.2) is 9.84 Å². The number of allylic oxidation sites excluding steroid dienone is 1. The van der Waals surface area contributed by atoms with E-state index in [0.29, 0.717) is 12.1 Å². The van der Waals surface area contributed by atoms with Gasteiger partial charge in [-0.1, -0.05) is 6.92 Å². The van der Waals surface area contributed by atoms with Crippen molar-refractivity contribution in [1.82, 2.24) is 0 Å². The second-order valence-corrected chi connectivity index (χ2v) is 3.77. The maximum atomic E-state index is 10.4. The summed E-state index contributed by atoms with van der Waals surface area (Å²) in [6.07, 6.45) is 1.70. The van der Waals surface area contributed by atoms with Crippen molar-refractivity contribution in [2.45, 2.75) is 13.3 Å². The van der Waals surface area contributed by atoms with Crippen LogP contribution in [0.5, 0.6) is 0 Å². The first-order valence-electron chi connectivity index (χ1n) is 2.62. The zero-order valence-corrected chi connectivity index (χ0v) is 6.40. The van der Waals surface area contributed by atoms with E-state index < -0.39 is 9.84 Å². The molecule has 54 valence electrons. The summed E-state index contributed by atoms with van der Waals surface area (Å²) >= 11 is 0. The van der Waals surface area contributed by atoms with E-state index in [9.17, 15) is 8.42 Å². The Morgan fingerprint density at radius 2 is 2.11 bits per heavy atom. The van der Waals surface area contributed by atoms with Crippen molar-refractivity contribution < 1.29 is 8.42 Å². The third kappa shape index (κ3) is 5.36. The Balaban J connectivity index is 4.32. The van der Waals surface area contributed by atoms with Crippen LogP contribution in [0.4, 0.5) is 0 Å².